The summed E-state index contributed by atoms with van der Waals surface area (Å²) in [4.78, 5) is 13.8. The predicted octanol–water partition coefficient (Wildman–Crippen LogP) is 0.410. The van der Waals surface area contributed by atoms with Gasteiger partial charge in [-0.25, -0.2) is 5.14 Å². The molecule has 0 bridgehead atoms. The predicted molar refractivity (Wildman–Crippen MR) is 74.7 cm³/mol. The number of piperazine rings is 1. The van der Waals surface area contributed by atoms with E-state index in [0.717, 1.165) is 4.47 Å². The fourth-order valence-corrected chi connectivity index (χ4v) is 3.02. The highest BCUT2D eigenvalue weighted by Gasteiger charge is 2.26. The molecule has 1 aromatic rings. The normalized spacial score (nSPS) is 17.5. The third kappa shape index (κ3) is 3.53. The van der Waals surface area contributed by atoms with Gasteiger partial charge in [0.15, 0.2) is 0 Å². The molecule has 1 aliphatic rings. The molecule has 0 aliphatic carbocycles. The summed E-state index contributed by atoms with van der Waals surface area (Å²) in [5.74, 6) is -0.102. The van der Waals surface area contributed by atoms with E-state index in [9.17, 15) is 13.2 Å². The van der Waals surface area contributed by atoms with Gasteiger partial charge >= 0.3 is 0 Å². The molecule has 6 nitrogen and oxygen atoms in total. The van der Waals surface area contributed by atoms with Crippen molar-refractivity contribution < 1.29 is 13.2 Å². The van der Waals surface area contributed by atoms with E-state index >= 15 is 0 Å². The average Bonchev–Trinajstić information content (AvgIpc) is 2.37. The quantitative estimate of drug-likeness (QED) is 0.840. The molecule has 1 amide bonds. The fourth-order valence-electron chi connectivity index (χ4n) is 1.95. The second-order valence-electron chi connectivity index (χ2n) is 4.25. The molecule has 2 N–H and O–H groups in total. The highest BCUT2D eigenvalue weighted by Crippen LogP contribution is 2.15. The zero-order chi connectivity index (χ0) is 14.0. The van der Waals surface area contributed by atoms with Crippen LogP contribution in [0.2, 0.25) is 0 Å². The molecule has 8 heteroatoms. The Labute approximate surface area is 120 Å². The molecule has 0 radical (unpaired) electrons. The first kappa shape index (κ1) is 14.4. The first-order valence-corrected chi connectivity index (χ1v) is 8.00. The van der Waals surface area contributed by atoms with Crippen LogP contribution in [0.1, 0.15) is 10.4 Å². The molecular formula is C11H14BrN3O3S. The Hall–Kier alpha value is -0.960. The molecule has 1 heterocycles. The minimum atomic E-state index is -3.66. The number of hydrogen-bond donors (Lipinski definition) is 1. The molecule has 104 valence electrons. The largest absolute Gasteiger partial charge is 0.336 e. The summed E-state index contributed by atoms with van der Waals surface area (Å²) < 4.78 is 24.4. The molecule has 0 aromatic heterocycles. The maximum atomic E-state index is 12.2. The second kappa shape index (κ2) is 5.58. The van der Waals surface area contributed by atoms with Gasteiger partial charge in [0.05, 0.1) is 0 Å². The summed E-state index contributed by atoms with van der Waals surface area (Å²) >= 11 is 3.32. The third-order valence-corrected chi connectivity index (χ3v) is 4.54. The molecule has 1 aliphatic heterocycles. The van der Waals surface area contributed by atoms with Crippen molar-refractivity contribution in [3.8, 4) is 0 Å². The average molecular weight is 348 g/mol. The first-order chi connectivity index (χ1) is 8.88. The van der Waals surface area contributed by atoms with Crippen LogP contribution in [-0.2, 0) is 10.2 Å². The van der Waals surface area contributed by atoms with Crippen molar-refractivity contribution in [2.24, 2.45) is 5.14 Å². The zero-order valence-corrected chi connectivity index (χ0v) is 12.5. The summed E-state index contributed by atoms with van der Waals surface area (Å²) in [5.41, 5.74) is 0.582. The first-order valence-electron chi connectivity index (χ1n) is 5.70. The van der Waals surface area contributed by atoms with Crippen molar-refractivity contribution in [2.75, 3.05) is 26.2 Å². The number of rotatable bonds is 2. The maximum absolute atomic E-state index is 12.2. The van der Waals surface area contributed by atoms with Crippen LogP contribution in [0.3, 0.4) is 0 Å². The van der Waals surface area contributed by atoms with Gasteiger partial charge in [-0.1, -0.05) is 22.0 Å². The van der Waals surface area contributed by atoms with Crippen molar-refractivity contribution in [3.63, 3.8) is 0 Å². The minimum absolute atomic E-state index is 0.102. The maximum Gasteiger partial charge on any atom is 0.277 e. The summed E-state index contributed by atoms with van der Waals surface area (Å²) in [5, 5.41) is 5.05. The monoisotopic (exact) mass is 347 g/mol. The molecule has 19 heavy (non-hydrogen) atoms. The molecule has 2 rings (SSSR count). The smallest absolute Gasteiger partial charge is 0.277 e. The standard InChI is InChI=1S/C11H14BrN3O3S/c12-10-3-1-2-9(8-10)11(16)14-4-6-15(7-5-14)19(13,17)18/h1-3,8H,4-7H2,(H2,13,17,18). The van der Waals surface area contributed by atoms with E-state index in [0.29, 0.717) is 18.7 Å². The lowest BCUT2D eigenvalue weighted by molar-refractivity contribution is 0.0698. The Morgan fingerprint density at radius 3 is 2.37 bits per heavy atom. The van der Waals surface area contributed by atoms with E-state index in [1.165, 1.54) is 4.31 Å². The molecular weight excluding hydrogens is 334 g/mol. The number of nitrogens with two attached hydrogens (primary N) is 1. The van der Waals surface area contributed by atoms with Gasteiger partial charge in [0.2, 0.25) is 0 Å². The van der Waals surface area contributed by atoms with Crippen molar-refractivity contribution in [1.82, 2.24) is 9.21 Å². The molecule has 0 saturated carbocycles. The van der Waals surface area contributed by atoms with Crippen LogP contribution in [0.5, 0.6) is 0 Å². The Bertz CT molecular complexity index is 583. The van der Waals surface area contributed by atoms with Crippen LogP contribution < -0.4 is 5.14 Å². The van der Waals surface area contributed by atoms with Crippen LogP contribution in [0.4, 0.5) is 0 Å². The fraction of sp³-hybridized carbons (Fsp3) is 0.364. The zero-order valence-electron chi connectivity index (χ0n) is 10.1. The van der Waals surface area contributed by atoms with E-state index in [4.69, 9.17) is 5.14 Å². The summed E-state index contributed by atoms with van der Waals surface area (Å²) in [6.45, 7) is 1.17. The van der Waals surface area contributed by atoms with E-state index < -0.39 is 10.2 Å². The van der Waals surface area contributed by atoms with Gasteiger partial charge in [0.1, 0.15) is 0 Å². The number of carbonyl (C=O) groups is 1. The second-order valence-corrected chi connectivity index (χ2v) is 6.71. The van der Waals surface area contributed by atoms with Crippen LogP contribution in [0, 0.1) is 0 Å². The highest BCUT2D eigenvalue weighted by atomic mass is 79.9. The number of amides is 1. The van der Waals surface area contributed by atoms with Gasteiger partial charge in [-0.3, -0.25) is 4.79 Å². The molecule has 0 unspecified atom stereocenters. The molecule has 0 spiro atoms. The van der Waals surface area contributed by atoms with Crippen LogP contribution in [0.15, 0.2) is 28.7 Å². The van der Waals surface area contributed by atoms with Gasteiger partial charge in [-0.2, -0.15) is 12.7 Å². The molecule has 0 atom stereocenters. The van der Waals surface area contributed by atoms with Crippen molar-refractivity contribution in [2.45, 2.75) is 0 Å². The SMILES string of the molecule is NS(=O)(=O)N1CCN(C(=O)c2cccc(Br)c2)CC1. The van der Waals surface area contributed by atoms with E-state index in [1.807, 2.05) is 6.07 Å². The molecule has 1 fully saturated rings. The number of carbonyl (C=O) groups excluding carboxylic acids is 1. The van der Waals surface area contributed by atoms with E-state index in [2.05, 4.69) is 15.9 Å². The summed E-state index contributed by atoms with van der Waals surface area (Å²) in [7, 11) is -3.66. The molecule has 1 aromatic carbocycles. The third-order valence-electron chi connectivity index (χ3n) is 2.96. The summed E-state index contributed by atoms with van der Waals surface area (Å²) in [6.07, 6.45) is 0. The number of hydrogen-bond acceptors (Lipinski definition) is 3. The number of benzene rings is 1. The van der Waals surface area contributed by atoms with Crippen LogP contribution in [0.25, 0.3) is 0 Å². The van der Waals surface area contributed by atoms with Crippen molar-refractivity contribution in [1.29, 1.82) is 0 Å². The highest BCUT2D eigenvalue weighted by molar-refractivity contribution is 9.10. The topological polar surface area (TPSA) is 83.7 Å². The van der Waals surface area contributed by atoms with Crippen molar-refractivity contribution in [3.05, 3.63) is 34.3 Å². The molecule has 1 saturated heterocycles. The van der Waals surface area contributed by atoms with Gasteiger partial charge in [0.25, 0.3) is 16.1 Å². The lowest BCUT2D eigenvalue weighted by Gasteiger charge is -2.33. The van der Waals surface area contributed by atoms with Gasteiger partial charge in [-0.05, 0) is 18.2 Å². The Kier molecular flexibility index (Phi) is 4.24. The van der Waals surface area contributed by atoms with Crippen LogP contribution >= 0.6 is 15.9 Å². The lowest BCUT2D eigenvalue weighted by Crippen LogP contribution is -2.52. The lowest BCUT2D eigenvalue weighted by atomic mass is 10.2. The van der Waals surface area contributed by atoms with Crippen molar-refractivity contribution >= 4 is 32.0 Å². The Balaban J connectivity index is 2.04. The van der Waals surface area contributed by atoms with Gasteiger partial charge in [0, 0.05) is 36.2 Å². The van der Waals surface area contributed by atoms with Gasteiger partial charge < -0.3 is 4.90 Å². The van der Waals surface area contributed by atoms with E-state index in [-0.39, 0.29) is 19.0 Å². The minimum Gasteiger partial charge on any atom is -0.336 e. The summed E-state index contributed by atoms with van der Waals surface area (Å²) in [6, 6.07) is 7.11. The van der Waals surface area contributed by atoms with Crippen LogP contribution in [-0.4, -0.2) is 49.7 Å². The Morgan fingerprint density at radius 1 is 1.21 bits per heavy atom. The van der Waals surface area contributed by atoms with Gasteiger partial charge in [-0.15, -0.1) is 0 Å². The van der Waals surface area contributed by atoms with E-state index in [1.54, 1.807) is 23.1 Å². The number of halogens is 1. The Morgan fingerprint density at radius 2 is 1.84 bits per heavy atom. The number of nitrogens with zero attached hydrogens (tertiary/aromatic N) is 2.